The zero-order valence-electron chi connectivity index (χ0n) is 7.84. The number of benzene rings is 1. The maximum Gasteiger partial charge on any atom is 0.328 e. The zero-order valence-corrected chi connectivity index (χ0v) is 7.84. The predicted molar refractivity (Wildman–Crippen MR) is 51.5 cm³/mol. The fourth-order valence-electron chi connectivity index (χ4n) is 1.26. The summed E-state index contributed by atoms with van der Waals surface area (Å²) in [5.41, 5.74) is -0.190. The largest absolute Gasteiger partial charge is 0.483 e. The molecule has 76 valence electrons. The molecule has 1 aliphatic rings. The summed E-state index contributed by atoms with van der Waals surface area (Å²) < 4.78 is 5.37. The van der Waals surface area contributed by atoms with Crippen LogP contribution in [0.2, 0.25) is 0 Å². The van der Waals surface area contributed by atoms with Crippen molar-refractivity contribution in [3.63, 3.8) is 0 Å². The van der Waals surface area contributed by atoms with E-state index < -0.39 is 4.92 Å². The molecule has 0 atom stereocenters. The molecular formula is C10H8N2O3. The molecule has 1 saturated carbocycles. The summed E-state index contributed by atoms with van der Waals surface area (Å²) in [5, 5.41) is 19.5. The molecule has 1 aromatic carbocycles. The Morgan fingerprint density at radius 1 is 1.53 bits per heavy atom. The van der Waals surface area contributed by atoms with Gasteiger partial charge in [-0.15, -0.1) is 0 Å². The second-order valence-electron chi connectivity index (χ2n) is 3.34. The van der Waals surface area contributed by atoms with E-state index in [9.17, 15) is 10.1 Å². The van der Waals surface area contributed by atoms with Gasteiger partial charge < -0.3 is 4.74 Å². The van der Waals surface area contributed by atoms with E-state index >= 15 is 0 Å². The van der Waals surface area contributed by atoms with Crippen LogP contribution in [0.15, 0.2) is 18.2 Å². The molecule has 15 heavy (non-hydrogen) atoms. The van der Waals surface area contributed by atoms with Crippen LogP contribution in [0.25, 0.3) is 0 Å². The molecule has 0 aliphatic heterocycles. The van der Waals surface area contributed by atoms with Crippen LogP contribution < -0.4 is 4.74 Å². The van der Waals surface area contributed by atoms with Crippen LogP contribution in [0.3, 0.4) is 0 Å². The lowest BCUT2D eigenvalue weighted by Gasteiger charge is -2.05. The predicted octanol–water partition coefficient (Wildman–Crippen LogP) is 2.01. The van der Waals surface area contributed by atoms with Crippen LogP contribution in [-0.2, 0) is 0 Å². The van der Waals surface area contributed by atoms with Gasteiger partial charge in [0.1, 0.15) is 11.6 Å². The van der Waals surface area contributed by atoms with Gasteiger partial charge in [-0.1, -0.05) is 6.07 Å². The van der Waals surface area contributed by atoms with Gasteiger partial charge in [-0.25, -0.2) is 0 Å². The van der Waals surface area contributed by atoms with Gasteiger partial charge in [-0.05, 0) is 25.0 Å². The third-order valence-corrected chi connectivity index (χ3v) is 2.12. The Morgan fingerprint density at radius 2 is 2.27 bits per heavy atom. The standard InChI is InChI=1S/C10H8N2O3/c11-6-7-2-1-3-9(10(7)12(13)14)15-8-4-5-8/h1-3,8H,4-5H2. The van der Waals surface area contributed by atoms with Crippen molar-refractivity contribution in [3.8, 4) is 11.8 Å². The highest BCUT2D eigenvalue weighted by Crippen LogP contribution is 2.35. The van der Waals surface area contributed by atoms with Crippen LogP contribution in [-0.4, -0.2) is 11.0 Å². The second-order valence-corrected chi connectivity index (χ2v) is 3.34. The van der Waals surface area contributed by atoms with Crippen LogP contribution in [0.4, 0.5) is 5.69 Å². The van der Waals surface area contributed by atoms with Gasteiger partial charge in [0.05, 0.1) is 11.0 Å². The topological polar surface area (TPSA) is 76.2 Å². The van der Waals surface area contributed by atoms with Crippen molar-refractivity contribution < 1.29 is 9.66 Å². The Hall–Kier alpha value is -2.09. The number of nitro groups is 1. The summed E-state index contributed by atoms with van der Waals surface area (Å²) >= 11 is 0. The lowest BCUT2D eigenvalue weighted by Crippen LogP contribution is -2.01. The molecule has 0 amide bonds. The number of nitriles is 1. The van der Waals surface area contributed by atoms with Gasteiger partial charge in [0, 0.05) is 0 Å². The molecule has 2 rings (SSSR count). The van der Waals surface area contributed by atoms with E-state index in [1.165, 1.54) is 12.1 Å². The van der Waals surface area contributed by atoms with Crippen LogP contribution in [0.5, 0.6) is 5.75 Å². The molecule has 0 heterocycles. The van der Waals surface area contributed by atoms with Crippen molar-refractivity contribution >= 4 is 5.69 Å². The quantitative estimate of drug-likeness (QED) is 0.557. The van der Waals surface area contributed by atoms with Crippen molar-refractivity contribution in [3.05, 3.63) is 33.9 Å². The first-order chi connectivity index (χ1) is 7.22. The number of nitro benzene ring substituents is 1. The third kappa shape index (κ3) is 1.89. The molecule has 1 aliphatic carbocycles. The van der Waals surface area contributed by atoms with E-state index in [0.29, 0.717) is 0 Å². The molecular weight excluding hydrogens is 196 g/mol. The van der Waals surface area contributed by atoms with Crippen molar-refractivity contribution in [1.29, 1.82) is 5.26 Å². The van der Waals surface area contributed by atoms with E-state index in [4.69, 9.17) is 10.00 Å². The third-order valence-electron chi connectivity index (χ3n) is 2.12. The monoisotopic (exact) mass is 204 g/mol. The van der Waals surface area contributed by atoms with Gasteiger partial charge >= 0.3 is 5.69 Å². The van der Waals surface area contributed by atoms with Crippen LogP contribution in [0.1, 0.15) is 18.4 Å². The first-order valence-electron chi connectivity index (χ1n) is 4.56. The lowest BCUT2D eigenvalue weighted by molar-refractivity contribution is -0.386. The Balaban J connectivity index is 2.42. The average molecular weight is 204 g/mol. The van der Waals surface area contributed by atoms with Gasteiger partial charge in [0.15, 0.2) is 5.75 Å². The summed E-state index contributed by atoms with van der Waals surface area (Å²) in [7, 11) is 0. The fourth-order valence-corrected chi connectivity index (χ4v) is 1.26. The molecule has 0 unspecified atom stereocenters. The summed E-state index contributed by atoms with van der Waals surface area (Å²) in [6.45, 7) is 0. The molecule has 0 spiro atoms. The summed E-state index contributed by atoms with van der Waals surface area (Å²) in [6, 6.07) is 6.32. The number of hydrogen-bond acceptors (Lipinski definition) is 4. The van der Waals surface area contributed by atoms with E-state index in [0.717, 1.165) is 12.8 Å². The summed E-state index contributed by atoms with van der Waals surface area (Å²) in [6.07, 6.45) is 1.93. The molecule has 0 bridgehead atoms. The average Bonchev–Trinajstić information content (AvgIpc) is 3.01. The van der Waals surface area contributed by atoms with Gasteiger partial charge in [-0.2, -0.15) is 5.26 Å². The van der Waals surface area contributed by atoms with E-state index in [2.05, 4.69) is 0 Å². The Bertz CT molecular complexity index is 446. The molecule has 1 aromatic rings. The van der Waals surface area contributed by atoms with Crippen molar-refractivity contribution in [2.75, 3.05) is 0 Å². The normalized spacial score (nSPS) is 14.3. The molecule has 0 radical (unpaired) electrons. The SMILES string of the molecule is N#Cc1cccc(OC2CC2)c1[N+](=O)[O-]. The van der Waals surface area contributed by atoms with Gasteiger partial charge in [0.25, 0.3) is 0 Å². The molecule has 0 N–H and O–H groups in total. The second kappa shape index (κ2) is 3.58. The Kier molecular flexibility index (Phi) is 2.26. The number of para-hydroxylation sites is 1. The highest BCUT2D eigenvalue weighted by molar-refractivity contribution is 5.58. The number of nitrogens with zero attached hydrogens (tertiary/aromatic N) is 2. The molecule has 1 fully saturated rings. The summed E-state index contributed by atoms with van der Waals surface area (Å²) in [5.74, 6) is 0.196. The molecule has 5 heteroatoms. The maximum absolute atomic E-state index is 10.8. The minimum atomic E-state index is -0.573. The maximum atomic E-state index is 10.8. The smallest absolute Gasteiger partial charge is 0.328 e. The fraction of sp³-hybridized carbons (Fsp3) is 0.300. The van der Waals surface area contributed by atoms with E-state index in [1.807, 2.05) is 0 Å². The van der Waals surface area contributed by atoms with Gasteiger partial charge in [0.2, 0.25) is 0 Å². The minimum absolute atomic E-state index is 0.0400. The van der Waals surface area contributed by atoms with Gasteiger partial charge in [-0.3, -0.25) is 10.1 Å². The number of rotatable bonds is 3. The van der Waals surface area contributed by atoms with Crippen LogP contribution in [0, 0.1) is 21.4 Å². The summed E-state index contributed by atoms with van der Waals surface area (Å²) in [4.78, 5) is 10.2. The zero-order chi connectivity index (χ0) is 10.8. The van der Waals surface area contributed by atoms with Crippen molar-refractivity contribution in [1.82, 2.24) is 0 Å². The molecule has 0 aromatic heterocycles. The number of hydrogen-bond donors (Lipinski definition) is 0. The minimum Gasteiger partial charge on any atom is -0.483 e. The van der Waals surface area contributed by atoms with Crippen LogP contribution >= 0.6 is 0 Å². The Labute approximate surface area is 86.0 Å². The molecule has 0 saturated heterocycles. The Morgan fingerprint density at radius 3 is 2.80 bits per heavy atom. The first kappa shape index (κ1) is 9.46. The van der Waals surface area contributed by atoms with E-state index in [-0.39, 0.29) is 23.1 Å². The van der Waals surface area contributed by atoms with Crippen molar-refractivity contribution in [2.45, 2.75) is 18.9 Å². The molecule has 5 nitrogen and oxygen atoms in total. The first-order valence-corrected chi connectivity index (χ1v) is 4.56. The highest BCUT2D eigenvalue weighted by atomic mass is 16.6. The number of ether oxygens (including phenoxy) is 1. The van der Waals surface area contributed by atoms with E-state index in [1.54, 1.807) is 12.1 Å². The highest BCUT2D eigenvalue weighted by Gasteiger charge is 2.28. The van der Waals surface area contributed by atoms with Crippen molar-refractivity contribution in [2.24, 2.45) is 0 Å². The lowest BCUT2D eigenvalue weighted by atomic mass is 10.2.